The first-order valence-electron chi connectivity index (χ1n) is 14.8. The van der Waals surface area contributed by atoms with Crippen LogP contribution in [0.5, 0.6) is 0 Å². The third kappa shape index (κ3) is 6.59. The summed E-state index contributed by atoms with van der Waals surface area (Å²) >= 11 is 0. The molecule has 0 amide bonds. The van der Waals surface area contributed by atoms with Crippen LogP contribution in [0.15, 0.2) is 0 Å². The van der Waals surface area contributed by atoms with Crippen molar-refractivity contribution in [3.05, 3.63) is 0 Å². The molecule has 0 aromatic carbocycles. The minimum absolute atomic E-state index is 0.0486. The van der Waals surface area contributed by atoms with Gasteiger partial charge < -0.3 is 4.74 Å². The van der Waals surface area contributed by atoms with Gasteiger partial charge >= 0.3 is 0 Å². The second-order valence-corrected chi connectivity index (χ2v) is 18.9. The Morgan fingerprint density at radius 3 is 0.676 bits per heavy atom. The zero-order valence-electron chi connectivity index (χ0n) is 28.4. The number of rotatable bonds is 0. The van der Waals surface area contributed by atoms with Gasteiger partial charge in [-0.3, -0.25) is 0 Å². The molecule has 0 bridgehead atoms. The van der Waals surface area contributed by atoms with E-state index in [1.807, 2.05) is 0 Å². The third-order valence-corrected chi connectivity index (χ3v) is 11.2. The van der Waals surface area contributed by atoms with E-state index in [1.54, 1.807) is 0 Å². The van der Waals surface area contributed by atoms with Crippen LogP contribution in [0.3, 0.4) is 0 Å². The molecule has 3 rings (SSSR count). The second kappa shape index (κ2) is 9.73. The summed E-state index contributed by atoms with van der Waals surface area (Å²) in [6.45, 7) is 42.5. The van der Waals surface area contributed by atoms with Crippen molar-refractivity contribution in [2.45, 2.75) is 156 Å². The van der Waals surface area contributed by atoms with Crippen molar-refractivity contribution in [1.82, 2.24) is 0 Å². The van der Waals surface area contributed by atoms with Gasteiger partial charge in [0.2, 0.25) is 5.92 Å². The van der Waals surface area contributed by atoms with Gasteiger partial charge in [-0.05, 0) is 56.2 Å². The highest BCUT2D eigenvalue weighted by atomic mass is 19.3. The normalized spacial score (nSPS) is 24.3. The predicted octanol–water partition coefficient (Wildman–Crippen LogP) is 11.4. The van der Waals surface area contributed by atoms with E-state index in [2.05, 4.69) is 125 Å². The van der Waals surface area contributed by atoms with Crippen LogP contribution in [0.4, 0.5) is 8.78 Å². The minimum Gasteiger partial charge on any atom is -0.380 e. The van der Waals surface area contributed by atoms with E-state index >= 15 is 0 Å². The molecule has 2 saturated carbocycles. The first-order chi connectivity index (χ1) is 15.8. The lowest BCUT2D eigenvalue weighted by atomic mass is 9.44. The van der Waals surface area contributed by atoms with Gasteiger partial charge in [0, 0.05) is 18.3 Å². The second-order valence-electron chi connectivity index (χ2n) is 18.9. The van der Waals surface area contributed by atoms with Gasteiger partial charge in [-0.1, -0.05) is 125 Å². The Morgan fingerprint density at radius 1 is 0.405 bits per heavy atom. The fraction of sp³-hybridized carbons (Fsp3) is 1.00. The summed E-state index contributed by atoms with van der Waals surface area (Å²) in [5, 5.41) is 0. The summed E-state index contributed by atoms with van der Waals surface area (Å²) in [5.41, 5.74) is 2.37. The zero-order chi connectivity index (χ0) is 29.9. The molecule has 1 heterocycles. The van der Waals surface area contributed by atoms with Crippen LogP contribution in [0.25, 0.3) is 0 Å². The number of alkyl halides is 2. The molecule has 2 aliphatic carbocycles. The van der Waals surface area contributed by atoms with Crippen LogP contribution >= 0.6 is 0 Å². The van der Waals surface area contributed by atoms with Crippen LogP contribution in [-0.2, 0) is 4.74 Å². The lowest BCUT2D eigenvalue weighted by molar-refractivity contribution is -0.243. The van der Waals surface area contributed by atoms with Crippen molar-refractivity contribution in [3.63, 3.8) is 0 Å². The number of halogens is 2. The average Bonchev–Trinajstić information content (AvgIpc) is 3.27. The van der Waals surface area contributed by atoms with Crippen molar-refractivity contribution in [1.29, 1.82) is 0 Å². The van der Waals surface area contributed by atoms with E-state index in [0.29, 0.717) is 32.5 Å². The molecule has 3 aliphatic rings. The highest BCUT2D eigenvalue weighted by Crippen LogP contribution is 2.69. The molecular weight excluding hydrogens is 462 g/mol. The lowest BCUT2D eigenvalue weighted by Gasteiger charge is -2.62. The van der Waals surface area contributed by atoms with Gasteiger partial charge in [-0.2, -0.15) is 0 Å². The minimum atomic E-state index is -2.43. The molecule has 1 saturated heterocycles. The molecular formula is C34H66F2O. The predicted molar refractivity (Wildman–Crippen MR) is 158 cm³/mol. The highest BCUT2D eigenvalue weighted by Gasteiger charge is 2.66. The number of ether oxygens (including phenoxy) is 1. The Kier molecular flexibility index (Phi) is 9.16. The summed E-state index contributed by atoms with van der Waals surface area (Å²) in [4.78, 5) is 0. The Bertz CT molecular complexity index is 700. The fourth-order valence-corrected chi connectivity index (χ4v) is 8.06. The molecule has 1 nitrogen and oxygen atoms in total. The number of hydrogen-bond acceptors (Lipinski definition) is 1. The standard InChI is InChI=1S/C12H22F2.C11H22O.C11H22/c1-9(2,3)11(10(4,5)6)7-12(13,14)8-11;1-9(2,3)11(7-12-8-11)10(4,5)6;1-9(2,3)11(7-8-11)10(4,5)6/h7-8H2,1-6H3;7-8H2,1-6H3;7-8H2,1-6H3. The lowest BCUT2D eigenvalue weighted by Crippen LogP contribution is -2.59. The maximum Gasteiger partial charge on any atom is 0.249 e. The molecule has 0 aromatic rings. The van der Waals surface area contributed by atoms with Crippen LogP contribution in [0.1, 0.15) is 150 Å². The van der Waals surface area contributed by atoms with E-state index in [4.69, 9.17) is 4.74 Å². The van der Waals surface area contributed by atoms with E-state index in [9.17, 15) is 8.78 Å². The quantitative estimate of drug-likeness (QED) is 0.304. The zero-order valence-corrected chi connectivity index (χ0v) is 28.4. The molecule has 0 atom stereocenters. The van der Waals surface area contributed by atoms with Crippen molar-refractivity contribution in [3.8, 4) is 0 Å². The van der Waals surface area contributed by atoms with E-state index in [1.165, 1.54) is 12.8 Å². The summed E-state index contributed by atoms with van der Waals surface area (Å²) in [6.07, 6.45) is 2.96. The Hall–Kier alpha value is -0.180. The number of hydrogen-bond donors (Lipinski definition) is 0. The Balaban J connectivity index is 0.000000280. The summed E-state index contributed by atoms with van der Waals surface area (Å²) in [6, 6.07) is 0. The molecule has 222 valence electrons. The average molecular weight is 529 g/mol. The molecule has 3 heteroatoms. The van der Waals surface area contributed by atoms with Gasteiger partial charge in [-0.25, -0.2) is 8.78 Å². The first kappa shape index (κ1) is 34.8. The van der Waals surface area contributed by atoms with Gasteiger partial charge in [0.25, 0.3) is 0 Å². The summed E-state index contributed by atoms with van der Waals surface area (Å²) < 4.78 is 31.6. The highest BCUT2D eigenvalue weighted by molar-refractivity contribution is 5.10. The van der Waals surface area contributed by atoms with Crippen LogP contribution in [-0.4, -0.2) is 19.1 Å². The van der Waals surface area contributed by atoms with Crippen LogP contribution in [0.2, 0.25) is 0 Å². The molecule has 3 fully saturated rings. The summed E-state index contributed by atoms with van der Waals surface area (Å²) in [5.74, 6) is -2.43. The van der Waals surface area contributed by atoms with Crippen molar-refractivity contribution >= 4 is 0 Å². The Morgan fingerprint density at radius 2 is 0.649 bits per heavy atom. The largest absolute Gasteiger partial charge is 0.380 e. The Labute approximate surface area is 231 Å². The fourth-order valence-electron chi connectivity index (χ4n) is 8.06. The molecule has 0 N–H and O–H groups in total. The van der Waals surface area contributed by atoms with E-state index in [-0.39, 0.29) is 29.1 Å². The van der Waals surface area contributed by atoms with Gasteiger partial charge in [0.1, 0.15) is 0 Å². The van der Waals surface area contributed by atoms with E-state index < -0.39 is 5.92 Å². The van der Waals surface area contributed by atoms with Crippen molar-refractivity contribution < 1.29 is 13.5 Å². The first-order valence-corrected chi connectivity index (χ1v) is 14.8. The SMILES string of the molecule is CC(C)(C)C1(C(C)(C)C)CC(F)(F)C1.CC(C)(C)C1(C(C)(C)C)CC1.CC(C)(C)C1(C(C)(C)C)COC1. The molecule has 0 unspecified atom stereocenters. The van der Waals surface area contributed by atoms with E-state index in [0.717, 1.165) is 13.2 Å². The molecule has 37 heavy (non-hydrogen) atoms. The van der Waals surface area contributed by atoms with Gasteiger partial charge in [-0.15, -0.1) is 0 Å². The van der Waals surface area contributed by atoms with Crippen LogP contribution < -0.4 is 0 Å². The maximum atomic E-state index is 13.1. The summed E-state index contributed by atoms with van der Waals surface area (Å²) in [7, 11) is 0. The topological polar surface area (TPSA) is 9.23 Å². The van der Waals surface area contributed by atoms with Gasteiger partial charge in [0.05, 0.1) is 13.2 Å². The maximum absolute atomic E-state index is 13.1. The van der Waals surface area contributed by atoms with Crippen molar-refractivity contribution in [2.24, 2.45) is 48.7 Å². The van der Waals surface area contributed by atoms with Crippen LogP contribution in [0, 0.1) is 48.7 Å². The molecule has 0 radical (unpaired) electrons. The van der Waals surface area contributed by atoms with Crippen molar-refractivity contribution in [2.75, 3.05) is 13.2 Å². The van der Waals surface area contributed by atoms with Gasteiger partial charge in [0.15, 0.2) is 0 Å². The molecule has 0 spiro atoms. The molecule has 0 aromatic heterocycles. The third-order valence-electron chi connectivity index (χ3n) is 11.2. The smallest absolute Gasteiger partial charge is 0.249 e. The monoisotopic (exact) mass is 529 g/mol. The molecule has 1 aliphatic heterocycles.